The van der Waals surface area contributed by atoms with E-state index in [0.29, 0.717) is 5.92 Å². The zero-order valence-electron chi connectivity index (χ0n) is 10.4. The molecule has 1 aromatic rings. The highest BCUT2D eigenvalue weighted by Gasteiger charge is 2.26. The molecule has 1 unspecified atom stereocenters. The summed E-state index contributed by atoms with van der Waals surface area (Å²) >= 11 is 0. The van der Waals surface area contributed by atoms with Crippen LogP contribution in [0.3, 0.4) is 0 Å². The van der Waals surface area contributed by atoms with E-state index in [0.717, 1.165) is 37.4 Å². The molecule has 0 aromatic carbocycles. The lowest BCUT2D eigenvalue weighted by Gasteiger charge is -2.19. The van der Waals surface area contributed by atoms with Crippen LogP contribution in [0.1, 0.15) is 37.9 Å². The minimum atomic E-state index is -0.0652. The summed E-state index contributed by atoms with van der Waals surface area (Å²) in [5, 5.41) is 0. The third-order valence-corrected chi connectivity index (χ3v) is 3.02. The smallest absolute Gasteiger partial charge is 0.252 e. The van der Waals surface area contributed by atoms with Gasteiger partial charge in [-0.3, -0.25) is 4.79 Å². The molecule has 0 bridgehead atoms. The Hall–Kier alpha value is -1.36. The van der Waals surface area contributed by atoms with E-state index >= 15 is 0 Å². The first-order chi connectivity index (χ1) is 8.06. The Bertz CT molecular complexity index is 436. The predicted molar refractivity (Wildman–Crippen MR) is 68.4 cm³/mol. The van der Waals surface area contributed by atoms with E-state index in [1.54, 1.807) is 6.07 Å². The molecule has 1 heterocycles. The second-order valence-electron chi connectivity index (χ2n) is 4.95. The highest BCUT2D eigenvalue weighted by molar-refractivity contribution is 5.36. The molecule has 0 saturated heterocycles. The Labute approximate surface area is 101 Å². The van der Waals surface area contributed by atoms with Gasteiger partial charge in [0.15, 0.2) is 0 Å². The van der Waals surface area contributed by atoms with Gasteiger partial charge < -0.3 is 15.6 Å². The Balaban J connectivity index is 2.11. The zero-order chi connectivity index (χ0) is 12.4. The van der Waals surface area contributed by atoms with E-state index in [1.165, 1.54) is 0 Å². The number of aromatic amines is 1. The molecule has 2 rings (SSSR count). The maximum Gasteiger partial charge on any atom is 0.252 e. The highest BCUT2D eigenvalue weighted by Crippen LogP contribution is 2.37. The molecule has 0 spiro atoms. The van der Waals surface area contributed by atoms with Gasteiger partial charge >= 0.3 is 0 Å². The van der Waals surface area contributed by atoms with Crippen LogP contribution in [0.2, 0.25) is 0 Å². The Kier molecular flexibility index (Phi) is 3.47. The van der Waals surface area contributed by atoms with E-state index in [-0.39, 0.29) is 11.6 Å². The van der Waals surface area contributed by atoms with E-state index in [1.807, 2.05) is 18.9 Å². The van der Waals surface area contributed by atoms with Crippen LogP contribution in [-0.4, -0.2) is 29.6 Å². The van der Waals surface area contributed by atoms with Gasteiger partial charge in [-0.15, -0.1) is 0 Å². The Morgan fingerprint density at radius 2 is 2.35 bits per heavy atom. The average molecular weight is 236 g/mol. The van der Waals surface area contributed by atoms with Crippen molar-refractivity contribution in [3.8, 4) is 0 Å². The number of H-pyrrole nitrogens is 1. The van der Waals surface area contributed by atoms with Gasteiger partial charge in [0.2, 0.25) is 0 Å². The molecule has 1 saturated carbocycles. The summed E-state index contributed by atoms with van der Waals surface area (Å²) < 4.78 is 0. The first kappa shape index (κ1) is 12.1. The number of rotatable bonds is 5. The number of hydrogen-bond acceptors (Lipinski definition) is 4. The molecular weight excluding hydrogens is 216 g/mol. The van der Waals surface area contributed by atoms with Crippen molar-refractivity contribution in [2.24, 2.45) is 5.73 Å². The molecule has 3 N–H and O–H groups in total. The van der Waals surface area contributed by atoms with Crippen LogP contribution in [0.15, 0.2) is 10.9 Å². The summed E-state index contributed by atoms with van der Waals surface area (Å²) in [4.78, 5) is 20.8. The first-order valence-electron chi connectivity index (χ1n) is 6.14. The molecule has 0 amide bonds. The molecule has 1 aromatic heterocycles. The van der Waals surface area contributed by atoms with Gasteiger partial charge in [-0.05, 0) is 26.2 Å². The van der Waals surface area contributed by atoms with Crippen LogP contribution in [0.25, 0.3) is 0 Å². The zero-order valence-corrected chi connectivity index (χ0v) is 10.4. The van der Waals surface area contributed by atoms with E-state index in [2.05, 4.69) is 9.97 Å². The third kappa shape index (κ3) is 3.30. The lowest BCUT2D eigenvalue weighted by atomic mass is 10.2. The molecule has 5 nitrogen and oxygen atoms in total. The van der Waals surface area contributed by atoms with Crippen molar-refractivity contribution in [1.29, 1.82) is 0 Å². The lowest BCUT2D eigenvalue weighted by molar-refractivity contribution is 0.654. The van der Waals surface area contributed by atoms with Crippen molar-refractivity contribution in [3.63, 3.8) is 0 Å². The predicted octanol–water partition coefficient (Wildman–Crippen LogP) is 0.821. The van der Waals surface area contributed by atoms with Crippen molar-refractivity contribution < 1.29 is 0 Å². The van der Waals surface area contributed by atoms with Crippen molar-refractivity contribution >= 4 is 5.82 Å². The average Bonchev–Trinajstić information content (AvgIpc) is 3.08. The minimum Gasteiger partial charge on any atom is -0.359 e. The lowest BCUT2D eigenvalue weighted by Crippen LogP contribution is -2.28. The third-order valence-electron chi connectivity index (χ3n) is 3.02. The van der Waals surface area contributed by atoms with Crippen LogP contribution in [0.5, 0.6) is 0 Å². The number of nitrogens with one attached hydrogen (secondary N) is 1. The van der Waals surface area contributed by atoms with Gasteiger partial charge in [-0.2, -0.15) is 0 Å². The van der Waals surface area contributed by atoms with Crippen LogP contribution >= 0.6 is 0 Å². The largest absolute Gasteiger partial charge is 0.359 e. The summed E-state index contributed by atoms with van der Waals surface area (Å²) in [6.45, 7) is 2.80. The number of anilines is 1. The van der Waals surface area contributed by atoms with Gasteiger partial charge in [0.1, 0.15) is 11.6 Å². The topological polar surface area (TPSA) is 75.0 Å². The van der Waals surface area contributed by atoms with Gasteiger partial charge in [0.05, 0.1) is 0 Å². The fourth-order valence-electron chi connectivity index (χ4n) is 1.72. The number of aromatic nitrogens is 2. The SMILES string of the molecule is CC(N)CCN(C)c1cc(=O)[nH]c(C2CC2)n1. The summed E-state index contributed by atoms with van der Waals surface area (Å²) in [5.74, 6) is 2.04. The second kappa shape index (κ2) is 4.87. The van der Waals surface area contributed by atoms with Gasteiger partial charge in [0, 0.05) is 31.6 Å². The molecule has 0 radical (unpaired) electrons. The molecule has 1 aliphatic rings. The normalized spacial score (nSPS) is 16.9. The number of hydrogen-bond donors (Lipinski definition) is 2. The maximum absolute atomic E-state index is 11.5. The van der Waals surface area contributed by atoms with Crippen molar-refractivity contribution in [1.82, 2.24) is 9.97 Å². The summed E-state index contributed by atoms with van der Waals surface area (Å²) in [7, 11) is 1.95. The Morgan fingerprint density at radius 3 is 2.94 bits per heavy atom. The molecule has 1 fully saturated rings. The van der Waals surface area contributed by atoms with E-state index in [9.17, 15) is 4.79 Å². The Morgan fingerprint density at radius 1 is 1.65 bits per heavy atom. The van der Waals surface area contributed by atoms with Gasteiger partial charge in [-0.25, -0.2) is 4.98 Å². The van der Waals surface area contributed by atoms with Gasteiger partial charge in [0.25, 0.3) is 5.56 Å². The van der Waals surface area contributed by atoms with Crippen LogP contribution in [0, 0.1) is 0 Å². The van der Waals surface area contributed by atoms with Crippen molar-refractivity contribution in [2.75, 3.05) is 18.5 Å². The van der Waals surface area contributed by atoms with Crippen molar-refractivity contribution in [3.05, 3.63) is 22.2 Å². The molecule has 94 valence electrons. The molecule has 17 heavy (non-hydrogen) atoms. The van der Waals surface area contributed by atoms with Crippen LogP contribution in [-0.2, 0) is 0 Å². The fraction of sp³-hybridized carbons (Fsp3) is 0.667. The highest BCUT2D eigenvalue weighted by atomic mass is 16.1. The standard InChI is InChI=1S/C12H20N4O/c1-8(13)5-6-16(2)10-7-11(17)15-12(14-10)9-3-4-9/h7-9H,3-6,13H2,1-2H3,(H,14,15,17). The quantitative estimate of drug-likeness (QED) is 0.793. The number of nitrogens with zero attached hydrogens (tertiary/aromatic N) is 2. The van der Waals surface area contributed by atoms with E-state index in [4.69, 9.17) is 5.73 Å². The minimum absolute atomic E-state index is 0.0652. The summed E-state index contributed by atoms with van der Waals surface area (Å²) in [6.07, 6.45) is 3.16. The monoisotopic (exact) mass is 236 g/mol. The molecule has 1 aliphatic carbocycles. The molecule has 5 heteroatoms. The maximum atomic E-state index is 11.5. The van der Waals surface area contributed by atoms with E-state index < -0.39 is 0 Å². The van der Waals surface area contributed by atoms with Crippen LogP contribution < -0.4 is 16.2 Å². The first-order valence-corrected chi connectivity index (χ1v) is 6.14. The molecule has 1 atom stereocenters. The molecular formula is C12H20N4O. The number of nitrogens with two attached hydrogens (primary N) is 1. The second-order valence-corrected chi connectivity index (χ2v) is 4.95. The van der Waals surface area contributed by atoms with Gasteiger partial charge in [-0.1, -0.05) is 0 Å². The summed E-state index contributed by atoms with van der Waals surface area (Å²) in [5.41, 5.74) is 5.66. The van der Waals surface area contributed by atoms with Crippen LogP contribution in [0.4, 0.5) is 5.82 Å². The fourth-order valence-corrected chi connectivity index (χ4v) is 1.72. The van der Waals surface area contributed by atoms with Crippen molar-refractivity contribution in [2.45, 2.75) is 38.1 Å². The summed E-state index contributed by atoms with van der Waals surface area (Å²) in [6, 6.07) is 1.72. The molecule has 0 aliphatic heterocycles.